The molecule has 0 aromatic heterocycles. The van der Waals surface area contributed by atoms with Gasteiger partial charge in [-0.1, -0.05) is 0 Å². The van der Waals surface area contributed by atoms with Gasteiger partial charge < -0.3 is 16.2 Å². The molecule has 9 N–H and O–H groups in total. The Morgan fingerprint density at radius 1 is 0.455 bits per heavy atom. The minimum Gasteiger partial charge on any atom is -0.497 e. The number of benzene rings is 4. The smallest absolute Gasteiger partial charge is 0.397 e. The van der Waals surface area contributed by atoms with Gasteiger partial charge in [-0.3, -0.25) is 22.8 Å². The SMILES string of the molecule is COc1ccc(N=Nc2cc(N=Nc3ccc(S(=O)(=O)CCOS(=O)(=O)O)cc3S(=O)(=O)O)c(N)c(N=Nc3ccc(S(=O)(=O)CCOS(=O)(=O)O)cc3S(=O)(=O)O)c2N)c(S(=O)(=O)O)c1. The van der Waals surface area contributed by atoms with Crippen molar-refractivity contribution in [2.75, 3.05) is 43.3 Å². The lowest BCUT2D eigenvalue weighted by Crippen LogP contribution is -2.16. The third kappa shape index (κ3) is 14.2. The van der Waals surface area contributed by atoms with Crippen molar-refractivity contribution in [1.82, 2.24) is 0 Å². The van der Waals surface area contributed by atoms with Crippen LogP contribution in [0.3, 0.4) is 0 Å². The van der Waals surface area contributed by atoms with E-state index < -0.39 is 166 Å². The molecule has 0 fully saturated rings. The molecule has 0 saturated heterocycles. The van der Waals surface area contributed by atoms with Crippen LogP contribution >= 0.6 is 0 Å². The number of hydrogen-bond donors (Lipinski definition) is 7. The normalized spacial score (nSPS) is 13.5. The Hall–Kier alpha value is -5.55. The summed E-state index contributed by atoms with van der Waals surface area (Å²) < 4.78 is 228. The molecule has 0 bridgehead atoms. The fourth-order valence-electron chi connectivity index (χ4n) is 4.86. The molecule has 0 unspecified atom stereocenters. The number of azo groups is 3. The van der Waals surface area contributed by atoms with Gasteiger partial charge in [-0.2, -0.15) is 42.1 Å². The first kappa shape index (κ1) is 53.1. The lowest BCUT2D eigenvalue weighted by molar-refractivity contribution is 0.282. The number of nitrogens with zero attached hydrogens (tertiary/aromatic N) is 6. The van der Waals surface area contributed by atoms with Crippen LogP contribution in [0.25, 0.3) is 0 Å². The average molecular weight is 1070 g/mol. The molecule has 0 aliphatic carbocycles. The van der Waals surface area contributed by atoms with Gasteiger partial charge in [0.2, 0.25) is 0 Å². The molecule has 360 valence electrons. The second-order valence-corrected chi connectivity index (χ2v) is 22.9. The van der Waals surface area contributed by atoms with E-state index in [1.54, 1.807) is 0 Å². The highest BCUT2D eigenvalue weighted by molar-refractivity contribution is 7.92. The minimum atomic E-state index is -5.38. The first-order valence-electron chi connectivity index (χ1n) is 16.7. The molecular weight excluding hydrogens is 1040 g/mol. The number of hydrogen-bond acceptors (Lipinski definition) is 25. The van der Waals surface area contributed by atoms with Crippen molar-refractivity contribution in [3.8, 4) is 5.75 Å². The molecule has 0 heterocycles. The zero-order chi connectivity index (χ0) is 49.8. The van der Waals surface area contributed by atoms with Gasteiger partial charge >= 0.3 is 20.8 Å². The summed E-state index contributed by atoms with van der Waals surface area (Å²) in [5.41, 5.74) is 7.18. The van der Waals surface area contributed by atoms with Crippen LogP contribution in [0.1, 0.15) is 0 Å². The van der Waals surface area contributed by atoms with E-state index in [4.69, 9.17) is 25.3 Å². The molecule has 0 spiro atoms. The predicted octanol–water partition coefficient (Wildman–Crippen LogP) is 3.03. The van der Waals surface area contributed by atoms with Gasteiger partial charge in [-0.15, -0.1) is 30.7 Å². The summed E-state index contributed by atoms with van der Waals surface area (Å²) in [4.78, 5) is -4.91. The minimum absolute atomic E-state index is 0.0545. The van der Waals surface area contributed by atoms with E-state index in [0.29, 0.717) is 24.3 Å². The highest BCUT2D eigenvalue weighted by Gasteiger charge is 2.26. The molecule has 37 heteroatoms. The van der Waals surface area contributed by atoms with Crippen molar-refractivity contribution in [2.45, 2.75) is 24.5 Å². The second-order valence-electron chi connectivity index (χ2n) is 12.3. The van der Waals surface area contributed by atoms with Crippen LogP contribution in [0.5, 0.6) is 5.75 Å². The van der Waals surface area contributed by atoms with Gasteiger partial charge in [0.25, 0.3) is 30.4 Å². The van der Waals surface area contributed by atoms with Crippen LogP contribution in [-0.2, 0) is 79.2 Å². The van der Waals surface area contributed by atoms with Crippen LogP contribution in [0, 0.1) is 0 Å². The Morgan fingerprint density at radius 3 is 1.14 bits per heavy atom. The summed E-state index contributed by atoms with van der Waals surface area (Å²) in [6.07, 6.45) is 0. The summed E-state index contributed by atoms with van der Waals surface area (Å²) >= 11 is 0. The van der Waals surface area contributed by atoms with Crippen LogP contribution in [0.15, 0.2) is 116 Å². The van der Waals surface area contributed by atoms with Gasteiger partial charge in [0, 0.05) is 6.07 Å². The third-order valence-corrected chi connectivity index (χ3v) is 14.8. The molecule has 0 amide bonds. The Kier molecular flexibility index (Phi) is 15.9. The van der Waals surface area contributed by atoms with Crippen LogP contribution in [0.2, 0.25) is 0 Å². The van der Waals surface area contributed by atoms with Gasteiger partial charge in [-0.05, 0) is 54.6 Å². The van der Waals surface area contributed by atoms with Crippen molar-refractivity contribution in [3.63, 3.8) is 0 Å². The zero-order valence-electron chi connectivity index (χ0n) is 32.5. The standard InChI is InChI=1S/C29H30N8O22S7/c1-57-16-2-5-19(24(12-16)62(42,43)44)32-35-22-15-23(36-33-20-6-3-17(13-25(20)63(45,46)47)60(38,39)10-8-58-65(51,52)53)28(31)29(27(22)30)37-34-21-7-4-18(14-26(21)64(48,49)50)61(40,41)11-9-59-66(54,55)56/h2-7,12-15H,8-11,30-31H2,1H3,(H,42,43,44)(H,45,46,47)(H,48,49,50)(H,51,52,53)(H,54,55,56). The van der Waals surface area contributed by atoms with E-state index in [2.05, 4.69) is 39.1 Å². The molecule has 0 aliphatic heterocycles. The summed E-state index contributed by atoms with van der Waals surface area (Å²) in [5, 5.41) is 22.5. The number of ether oxygens (including phenoxy) is 1. The summed E-state index contributed by atoms with van der Waals surface area (Å²) in [5.74, 6) is -2.31. The number of methoxy groups -OCH3 is 1. The first-order valence-corrected chi connectivity index (χ1v) is 27.0. The first-order chi connectivity index (χ1) is 30.1. The van der Waals surface area contributed by atoms with E-state index in [9.17, 15) is 72.6 Å². The highest BCUT2D eigenvalue weighted by atomic mass is 32.3. The molecular formula is C29H30N8O22S7. The quantitative estimate of drug-likeness (QED) is 0.0380. The Morgan fingerprint density at radius 2 is 0.788 bits per heavy atom. The van der Waals surface area contributed by atoms with Crippen molar-refractivity contribution < 1.29 is 94.8 Å². The molecule has 66 heavy (non-hydrogen) atoms. The van der Waals surface area contributed by atoms with Gasteiger partial charge in [0.1, 0.15) is 54.6 Å². The molecule has 4 rings (SSSR count). The van der Waals surface area contributed by atoms with Gasteiger partial charge in [0.15, 0.2) is 19.7 Å². The van der Waals surface area contributed by atoms with Crippen LogP contribution in [0.4, 0.5) is 45.5 Å². The summed E-state index contributed by atoms with van der Waals surface area (Å²) in [6.45, 7) is -2.23. The monoisotopic (exact) mass is 1070 g/mol. The van der Waals surface area contributed by atoms with E-state index >= 15 is 0 Å². The Bertz CT molecular complexity index is 3490. The maximum Gasteiger partial charge on any atom is 0.397 e. The lowest BCUT2D eigenvalue weighted by Gasteiger charge is -2.11. The number of anilines is 2. The Balaban J connectivity index is 1.93. The van der Waals surface area contributed by atoms with Gasteiger partial charge in [0.05, 0.1) is 53.0 Å². The fraction of sp³-hybridized carbons (Fsp3) is 0.172. The largest absolute Gasteiger partial charge is 0.497 e. The van der Waals surface area contributed by atoms with Crippen molar-refractivity contribution in [2.24, 2.45) is 30.7 Å². The molecule has 4 aromatic carbocycles. The van der Waals surface area contributed by atoms with E-state index in [0.717, 1.165) is 30.3 Å². The molecule has 0 atom stereocenters. The maximum absolute atomic E-state index is 12.8. The van der Waals surface area contributed by atoms with Crippen molar-refractivity contribution >= 4 is 116 Å². The number of nitrogens with two attached hydrogens (primary N) is 2. The fourth-order valence-corrected chi connectivity index (χ4v) is 9.97. The predicted molar refractivity (Wildman–Crippen MR) is 222 cm³/mol. The molecule has 0 aliphatic rings. The highest BCUT2D eigenvalue weighted by Crippen LogP contribution is 2.46. The lowest BCUT2D eigenvalue weighted by atomic mass is 10.2. The van der Waals surface area contributed by atoms with Crippen molar-refractivity contribution in [3.05, 3.63) is 60.7 Å². The summed E-state index contributed by atoms with van der Waals surface area (Å²) in [7, 11) is -33.9. The number of rotatable bonds is 20. The molecule has 0 radical (unpaired) electrons. The topological polar surface area (TPSA) is 494 Å². The van der Waals surface area contributed by atoms with Crippen LogP contribution < -0.4 is 16.2 Å². The van der Waals surface area contributed by atoms with Crippen molar-refractivity contribution in [1.29, 1.82) is 0 Å². The number of sulfone groups is 2. The molecule has 30 nitrogen and oxygen atoms in total. The third-order valence-electron chi connectivity index (χ3n) is 7.87. The van der Waals surface area contributed by atoms with Crippen LogP contribution in [-0.4, -0.2) is 114 Å². The summed E-state index contributed by atoms with van der Waals surface area (Å²) in [6, 6.07) is 7.65. The Labute approximate surface area is 374 Å². The molecule has 0 saturated carbocycles. The maximum atomic E-state index is 12.8. The molecule has 4 aromatic rings. The second kappa shape index (κ2) is 19.7. The average Bonchev–Trinajstić information content (AvgIpc) is 3.17. The zero-order valence-corrected chi connectivity index (χ0v) is 38.2. The number of nitrogen functional groups attached to an aromatic ring is 2. The van der Waals surface area contributed by atoms with Gasteiger partial charge in [-0.25, -0.2) is 25.2 Å². The van der Waals surface area contributed by atoms with E-state index in [-0.39, 0.29) is 5.75 Å². The van der Waals surface area contributed by atoms with E-state index in [1.165, 1.54) is 13.2 Å². The van der Waals surface area contributed by atoms with E-state index in [1.807, 2.05) is 0 Å².